The Bertz CT molecular complexity index is 1080. The van der Waals surface area contributed by atoms with E-state index in [-0.39, 0.29) is 17.1 Å². The monoisotopic (exact) mass is 409 g/mol. The number of fused-ring (bicyclic) bond motifs is 1. The summed E-state index contributed by atoms with van der Waals surface area (Å²) in [6, 6.07) is 0. The average Bonchev–Trinajstić information content (AvgIpc) is 3.14. The quantitative estimate of drug-likeness (QED) is 0.383. The first-order chi connectivity index (χ1) is 13.5. The van der Waals surface area contributed by atoms with Crippen LogP contribution in [0.25, 0.3) is 11.2 Å². The van der Waals surface area contributed by atoms with Crippen molar-refractivity contribution < 1.29 is 34.1 Å². The number of anilines is 1. The second-order valence-electron chi connectivity index (χ2n) is 6.61. The van der Waals surface area contributed by atoms with Crippen LogP contribution < -0.4 is 11.3 Å². The molecule has 0 unspecified atom stereocenters. The Morgan fingerprint density at radius 1 is 1.34 bits per heavy atom. The van der Waals surface area contributed by atoms with Crippen LogP contribution in [0.2, 0.25) is 0 Å². The van der Waals surface area contributed by atoms with Crippen molar-refractivity contribution in [2.45, 2.75) is 44.3 Å². The van der Waals surface area contributed by atoms with E-state index in [1.807, 2.05) is 0 Å². The van der Waals surface area contributed by atoms with Crippen molar-refractivity contribution in [1.82, 2.24) is 19.5 Å². The molecule has 1 fully saturated rings. The van der Waals surface area contributed by atoms with Crippen molar-refractivity contribution in [2.75, 3.05) is 12.3 Å². The zero-order valence-corrected chi connectivity index (χ0v) is 15.7. The third-order valence-electron chi connectivity index (χ3n) is 4.84. The molecule has 3 rings (SSSR count). The van der Waals surface area contributed by atoms with Crippen LogP contribution in [0, 0.1) is 0 Å². The number of aliphatic hydroxyl groups is 2. The molecule has 0 aliphatic carbocycles. The number of carbonyl (C=O) groups excluding carboxylic acids is 3. The van der Waals surface area contributed by atoms with E-state index in [2.05, 4.69) is 15.0 Å². The number of imidazole rings is 1. The number of nitrogen functional groups attached to an aromatic ring is 1. The van der Waals surface area contributed by atoms with Crippen molar-refractivity contribution in [3.05, 3.63) is 16.7 Å². The van der Waals surface area contributed by atoms with Gasteiger partial charge in [-0.15, -0.1) is 0 Å². The Kier molecular flexibility index (Phi) is 4.77. The summed E-state index contributed by atoms with van der Waals surface area (Å²) in [6.07, 6.45) is -2.44. The molecule has 0 amide bonds. The first-order valence-corrected chi connectivity index (χ1v) is 8.44. The highest BCUT2D eigenvalue weighted by Gasteiger charge is 2.75. The Labute approximate surface area is 162 Å². The van der Waals surface area contributed by atoms with Gasteiger partial charge >= 0.3 is 5.97 Å². The van der Waals surface area contributed by atoms with Crippen LogP contribution >= 0.6 is 0 Å². The molecule has 0 radical (unpaired) electrons. The number of nitrogens with one attached hydrogen (secondary N) is 1. The number of H-pyrrole nitrogens is 1. The molecule has 0 spiro atoms. The lowest BCUT2D eigenvalue weighted by Crippen LogP contribution is -2.66. The van der Waals surface area contributed by atoms with Crippen molar-refractivity contribution in [1.29, 1.82) is 0 Å². The number of Topliss-reactive ketones (excluding diaryl/α,β-unsaturated/α-hetero) is 2. The predicted molar refractivity (Wildman–Crippen MR) is 94.4 cm³/mol. The lowest BCUT2D eigenvalue weighted by molar-refractivity contribution is -0.213. The number of ketones is 2. The van der Waals surface area contributed by atoms with Gasteiger partial charge in [-0.2, -0.15) is 4.98 Å². The van der Waals surface area contributed by atoms with E-state index in [9.17, 15) is 29.4 Å². The fraction of sp³-hybridized carbons (Fsp3) is 0.500. The Morgan fingerprint density at radius 3 is 2.52 bits per heavy atom. The summed E-state index contributed by atoms with van der Waals surface area (Å²) >= 11 is 0. The molecule has 1 aliphatic heterocycles. The SMILES string of the molecule is CC(=O)O[C@]1(C(C)=O)[C@H](O)[C@@H](CO)O[C@@]1(C(C)=O)n1cnc2c(=O)[nH]c(N)nc21. The van der Waals surface area contributed by atoms with E-state index in [4.69, 9.17) is 15.2 Å². The molecule has 4 atom stereocenters. The van der Waals surface area contributed by atoms with E-state index >= 15 is 0 Å². The molecule has 13 nitrogen and oxygen atoms in total. The average molecular weight is 409 g/mol. The molecule has 0 bridgehead atoms. The van der Waals surface area contributed by atoms with Crippen LogP contribution in [0.15, 0.2) is 11.1 Å². The van der Waals surface area contributed by atoms with E-state index < -0.39 is 53.2 Å². The maximum Gasteiger partial charge on any atom is 0.303 e. The van der Waals surface area contributed by atoms with Crippen LogP contribution in [-0.4, -0.2) is 71.7 Å². The third kappa shape index (κ3) is 2.58. The minimum Gasteiger partial charge on any atom is -0.442 e. The molecule has 0 aromatic carbocycles. The molecule has 2 aromatic heterocycles. The predicted octanol–water partition coefficient (Wildman–Crippen LogP) is -2.41. The number of aromatic amines is 1. The second-order valence-corrected chi connectivity index (χ2v) is 6.61. The van der Waals surface area contributed by atoms with E-state index in [1.54, 1.807) is 0 Å². The van der Waals surface area contributed by atoms with Crippen LogP contribution in [0.4, 0.5) is 5.95 Å². The smallest absolute Gasteiger partial charge is 0.303 e. The van der Waals surface area contributed by atoms with E-state index in [1.165, 1.54) is 0 Å². The fourth-order valence-electron chi connectivity index (χ4n) is 3.75. The Morgan fingerprint density at radius 2 is 2.00 bits per heavy atom. The molecule has 1 aliphatic rings. The van der Waals surface area contributed by atoms with Gasteiger partial charge in [0.05, 0.1) is 6.61 Å². The van der Waals surface area contributed by atoms with Gasteiger partial charge in [0.1, 0.15) is 18.5 Å². The maximum atomic E-state index is 12.9. The number of esters is 1. The summed E-state index contributed by atoms with van der Waals surface area (Å²) in [5.41, 5.74) is -0.760. The largest absolute Gasteiger partial charge is 0.442 e. The Balaban J connectivity index is 2.48. The molecule has 29 heavy (non-hydrogen) atoms. The molecule has 3 heterocycles. The normalized spacial score (nSPS) is 29.1. The number of nitrogens with zero attached hydrogens (tertiary/aromatic N) is 3. The van der Waals surface area contributed by atoms with Crippen LogP contribution in [-0.2, 0) is 29.6 Å². The van der Waals surface area contributed by atoms with Gasteiger partial charge in [0.25, 0.3) is 16.9 Å². The van der Waals surface area contributed by atoms with Crippen molar-refractivity contribution in [3.8, 4) is 0 Å². The first-order valence-electron chi connectivity index (χ1n) is 8.44. The number of aromatic nitrogens is 4. The number of aliphatic hydroxyl groups excluding tert-OH is 2. The molecule has 1 saturated heterocycles. The minimum absolute atomic E-state index is 0.245. The van der Waals surface area contributed by atoms with Gasteiger partial charge in [0.2, 0.25) is 5.95 Å². The zero-order chi connectivity index (χ0) is 21.7. The summed E-state index contributed by atoms with van der Waals surface area (Å²) in [4.78, 5) is 59.8. The summed E-state index contributed by atoms with van der Waals surface area (Å²) < 4.78 is 11.8. The van der Waals surface area contributed by atoms with Gasteiger partial charge in [-0.25, -0.2) is 4.98 Å². The molecule has 5 N–H and O–H groups in total. The van der Waals surface area contributed by atoms with Gasteiger partial charge < -0.3 is 25.4 Å². The number of ether oxygens (including phenoxy) is 2. The molecule has 13 heteroatoms. The number of carbonyl (C=O) groups is 3. The molecule has 156 valence electrons. The highest BCUT2D eigenvalue weighted by atomic mass is 16.6. The maximum absolute atomic E-state index is 12.9. The summed E-state index contributed by atoms with van der Waals surface area (Å²) in [5, 5.41) is 20.4. The van der Waals surface area contributed by atoms with Crippen molar-refractivity contribution in [3.63, 3.8) is 0 Å². The topological polar surface area (TPSA) is 200 Å². The van der Waals surface area contributed by atoms with E-state index in [0.29, 0.717) is 0 Å². The van der Waals surface area contributed by atoms with Crippen LogP contribution in [0.5, 0.6) is 0 Å². The molecular weight excluding hydrogens is 390 g/mol. The standard InChI is InChI=1S/C16H19N5O8/c1-6(23)15(28-8(3)25)11(26)9(4-22)29-16(15,7(2)24)21-5-18-10-12(21)19-14(17)20-13(10)27/h5,9,11,22,26H,4H2,1-3H3,(H3,17,19,20,27)/t9-,11-,15-,16-/m1/s1. The van der Waals surface area contributed by atoms with Gasteiger partial charge in [-0.3, -0.25) is 28.7 Å². The summed E-state index contributed by atoms with van der Waals surface area (Å²) in [6.45, 7) is 2.17. The lowest BCUT2D eigenvalue weighted by atomic mass is 9.79. The number of rotatable bonds is 5. The summed E-state index contributed by atoms with van der Waals surface area (Å²) in [5.74, 6) is -3.14. The highest BCUT2D eigenvalue weighted by molar-refractivity contribution is 5.99. The number of nitrogens with two attached hydrogens (primary N) is 1. The minimum atomic E-state index is -2.59. The van der Waals surface area contributed by atoms with Gasteiger partial charge in [-0.05, 0) is 13.8 Å². The van der Waals surface area contributed by atoms with Gasteiger partial charge in [0.15, 0.2) is 22.7 Å². The number of hydrogen-bond acceptors (Lipinski definition) is 11. The Hall–Kier alpha value is -3.16. The first kappa shape index (κ1) is 20.6. The molecule has 0 saturated carbocycles. The molecule has 2 aromatic rings. The zero-order valence-electron chi connectivity index (χ0n) is 15.7. The highest BCUT2D eigenvalue weighted by Crippen LogP contribution is 2.48. The van der Waals surface area contributed by atoms with Crippen LogP contribution in [0.1, 0.15) is 20.8 Å². The lowest BCUT2D eigenvalue weighted by Gasteiger charge is -2.41. The van der Waals surface area contributed by atoms with Gasteiger partial charge in [-0.1, -0.05) is 0 Å². The molecular formula is C16H19N5O8. The summed E-state index contributed by atoms with van der Waals surface area (Å²) in [7, 11) is 0. The second kappa shape index (κ2) is 6.72. The fourth-order valence-corrected chi connectivity index (χ4v) is 3.75. The number of hydrogen-bond donors (Lipinski definition) is 4. The third-order valence-corrected chi connectivity index (χ3v) is 4.84. The van der Waals surface area contributed by atoms with E-state index in [0.717, 1.165) is 31.7 Å². The van der Waals surface area contributed by atoms with Crippen molar-refractivity contribution >= 4 is 34.6 Å². The van der Waals surface area contributed by atoms with Crippen LogP contribution in [0.3, 0.4) is 0 Å². The van der Waals surface area contributed by atoms with Gasteiger partial charge in [0, 0.05) is 6.92 Å². The van der Waals surface area contributed by atoms with Crippen molar-refractivity contribution in [2.24, 2.45) is 0 Å².